The van der Waals surface area contributed by atoms with Crippen LogP contribution in [0.1, 0.15) is 27.8 Å². The van der Waals surface area contributed by atoms with Crippen LogP contribution in [0, 0.1) is 0 Å². The van der Waals surface area contributed by atoms with E-state index in [1.54, 1.807) is 0 Å². The summed E-state index contributed by atoms with van der Waals surface area (Å²) in [4.78, 5) is 13.3. The van der Waals surface area contributed by atoms with Gasteiger partial charge in [-0.2, -0.15) is 0 Å². The number of nitrogens with zero attached hydrogens (tertiary/aromatic N) is 2. The van der Waals surface area contributed by atoms with Gasteiger partial charge in [0.05, 0.1) is 6.04 Å². The summed E-state index contributed by atoms with van der Waals surface area (Å²) >= 11 is 8.60. The number of carbonyl (C=O) groups excluding carboxylic acids is 1. The van der Waals surface area contributed by atoms with Crippen molar-refractivity contribution in [1.82, 2.24) is 15.5 Å². The molecule has 1 aromatic heterocycles. The second-order valence-corrected chi connectivity index (χ2v) is 6.76. The van der Waals surface area contributed by atoms with Crippen LogP contribution in [0.25, 0.3) is 0 Å². The molecule has 0 saturated carbocycles. The van der Waals surface area contributed by atoms with Crippen LogP contribution in [0.2, 0.25) is 4.47 Å². The van der Waals surface area contributed by atoms with E-state index in [1.807, 2.05) is 23.9 Å². The van der Waals surface area contributed by atoms with E-state index in [1.165, 1.54) is 10.5 Å². The number of benzene rings is 1. The van der Waals surface area contributed by atoms with Gasteiger partial charge in [-0.1, -0.05) is 29.5 Å². The van der Waals surface area contributed by atoms with Crippen LogP contribution in [-0.4, -0.2) is 21.9 Å². The highest BCUT2D eigenvalue weighted by molar-refractivity contribution is 7.99. The number of fused-ring (bicyclic) bond motifs is 1. The summed E-state index contributed by atoms with van der Waals surface area (Å²) in [5, 5.41) is 10.7. The van der Waals surface area contributed by atoms with E-state index < -0.39 is 0 Å². The second-order valence-electron chi connectivity index (χ2n) is 4.06. The van der Waals surface area contributed by atoms with Crippen LogP contribution < -0.4 is 5.32 Å². The normalized spacial score (nSPS) is 17.8. The number of amides is 1. The highest BCUT2D eigenvalue weighted by Gasteiger charge is 2.23. The number of aromatic nitrogens is 2. The molecular formula is C12H10ClN3OS2. The van der Waals surface area contributed by atoms with Crippen molar-refractivity contribution in [2.45, 2.75) is 17.4 Å². The maximum absolute atomic E-state index is 12.1. The standard InChI is InChI=1S/C12H10ClN3OS2/c13-12-16-15-11(19-12)10(17)14-8-5-6-18-9-4-2-1-3-7(8)9/h1-4,8H,5-6H2,(H,14,17). The lowest BCUT2D eigenvalue weighted by molar-refractivity contribution is 0.0934. The lowest BCUT2D eigenvalue weighted by Crippen LogP contribution is -2.30. The Morgan fingerprint density at radius 1 is 1.37 bits per heavy atom. The molecule has 1 unspecified atom stereocenters. The monoisotopic (exact) mass is 311 g/mol. The predicted octanol–water partition coefficient (Wildman–Crippen LogP) is 3.16. The molecule has 2 aromatic rings. The lowest BCUT2D eigenvalue weighted by Gasteiger charge is -2.25. The summed E-state index contributed by atoms with van der Waals surface area (Å²) in [5.74, 6) is 0.787. The van der Waals surface area contributed by atoms with Gasteiger partial charge < -0.3 is 5.32 Å². The van der Waals surface area contributed by atoms with Crippen LogP contribution in [0.3, 0.4) is 0 Å². The summed E-state index contributed by atoms with van der Waals surface area (Å²) in [7, 11) is 0. The molecule has 1 aromatic carbocycles. The molecule has 4 nitrogen and oxygen atoms in total. The molecule has 1 amide bonds. The van der Waals surface area contributed by atoms with Gasteiger partial charge in [-0.25, -0.2) is 0 Å². The summed E-state index contributed by atoms with van der Waals surface area (Å²) in [5.41, 5.74) is 1.17. The average molecular weight is 312 g/mol. The molecule has 3 rings (SSSR count). The van der Waals surface area contributed by atoms with E-state index in [0.717, 1.165) is 23.5 Å². The zero-order valence-corrected chi connectivity index (χ0v) is 12.2. The van der Waals surface area contributed by atoms with Gasteiger partial charge in [0, 0.05) is 10.6 Å². The molecule has 2 heterocycles. The van der Waals surface area contributed by atoms with E-state index in [4.69, 9.17) is 11.6 Å². The van der Waals surface area contributed by atoms with E-state index in [9.17, 15) is 4.79 Å². The zero-order chi connectivity index (χ0) is 13.2. The van der Waals surface area contributed by atoms with Gasteiger partial charge in [0.15, 0.2) is 0 Å². The number of rotatable bonds is 2. The van der Waals surface area contributed by atoms with Gasteiger partial charge in [-0.15, -0.1) is 22.0 Å². The maximum Gasteiger partial charge on any atom is 0.282 e. The molecule has 0 bridgehead atoms. The third kappa shape index (κ3) is 2.75. The third-order valence-electron chi connectivity index (χ3n) is 2.86. The molecule has 98 valence electrons. The fourth-order valence-corrected chi connectivity index (χ4v) is 3.87. The first kappa shape index (κ1) is 12.9. The van der Waals surface area contributed by atoms with Gasteiger partial charge in [-0.05, 0) is 29.7 Å². The van der Waals surface area contributed by atoms with Crippen LogP contribution in [0.5, 0.6) is 0 Å². The Hall–Kier alpha value is -1.11. The van der Waals surface area contributed by atoms with Gasteiger partial charge in [0.1, 0.15) is 0 Å². The molecule has 0 radical (unpaired) electrons. The van der Waals surface area contributed by atoms with Gasteiger partial charge in [0.2, 0.25) is 9.47 Å². The second kappa shape index (κ2) is 5.48. The Bertz CT molecular complexity index is 617. The quantitative estimate of drug-likeness (QED) is 0.925. The van der Waals surface area contributed by atoms with Crippen molar-refractivity contribution >= 4 is 40.6 Å². The van der Waals surface area contributed by atoms with Gasteiger partial charge >= 0.3 is 0 Å². The summed E-state index contributed by atoms with van der Waals surface area (Å²) in [6.07, 6.45) is 0.917. The van der Waals surface area contributed by atoms with Crippen molar-refractivity contribution in [1.29, 1.82) is 0 Å². The van der Waals surface area contributed by atoms with Crippen molar-refractivity contribution in [3.05, 3.63) is 39.3 Å². The lowest BCUT2D eigenvalue weighted by atomic mass is 10.0. The molecule has 0 aliphatic carbocycles. The first-order chi connectivity index (χ1) is 9.24. The Kier molecular flexibility index (Phi) is 3.72. The van der Waals surface area contributed by atoms with E-state index in [2.05, 4.69) is 27.6 Å². The Labute approximate surface area is 123 Å². The van der Waals surface area contributed by atoms with Crippen LogP contribution in [0.4, 0.5) is 0 Å². The largest absolute Gasteiger partial charge is 0.343 e. The fraction of sp³-hybridized carbons (Fsp3) is 0.250. The number of thioether (sulfide) groups is 1. The minimum absolute atomic E-state index is 0.0348. The molecule has 0 spiro atoms. The van der Waals surface area contributed by atoms with E-state index in [0.29, 0.717) is 5.01 Å². The van der Waals surface area contributed by atoms with Crippen molar-refractivity contribution < 1.29 is 4.79 Å². The van der Waals surface area contributed by atoms with E-state index in [-0.39, 0.29) is 16.4 Å². The SMILES string of the molecule is O=C(NC1CCSc2ccccc21)c1nnc(Cl)s1. The van der Waals surface area contributed by atoms with Crippen molar-refractivity contribution in [3.8, 4) is 0 Å². The smallest absolute Gasteiger partial charge is 0.282 e. The van der Waals surface area contributed by atoms with Gasteiger partial charge in [0.25, 0.3) is 5.91 Å². The van der Waals surface area contributed by atoms with Crippen molar-refractivity contribution in [3.63, 3.8) is 0 Å². The Morgan fingerprint density at radius 3 is 3.00 bits per heavy atom. The molecule has 1 N–H and O–H groups in total. The number of nitrogens with one attached hydrogen (secondary N) is 1. The van der Waals surface area contributed by atoms with Crippen LogP contribution >= 0.6 is 34.7 Å². The van der Waals surface area contributed by atoms with Gasteiger partial charge in [-0.3, -0.25) is 4.79 Å². The predicted molar refractivity (Wildman–Crippen MR) is 76.9 cm³/mol. The molecule has 0 saturated heterocycles. The summed E-state index contributed by atoms with van der Waals surface area (Å²) in [6.45, 7) is 0. The molecule has 19 heavy (non-hydrogen) atoms. The highest BCUT2D eigenvalue weighted by atomic mass is 35.5. The summed E-state index contributed by atoms with van der Waals surface area (Å²) in [6, 6.07) is 8.18. The molecule has 7 heteroatoms. The number of halogens is 1. The van der Waals surface area contributed by atoms with Crippen molar-refractivity contribution in [2.24, 2.45) is 0 Å². The zero-order valence-electron chi connectivity index (χ0n) is 9.80. The number of hydrogen-bond donors (Lipinski definition) is 1. The molecule has 1 aliphatic rings. The van der Waals surface area contributed by atoms with Crippen LogP contribution in [0.15, 0.2) is 29.2 Å². The molecule has 0 fully saturated rings. The van der Waals surface area contributed by atoms with Crippen molar-refractivity contribution in [2.75, 3.05) is 5.75 Å². The third-order valence-corrected chi connectivity index (χ3v) is 5.00. The molecule has 1 aliphatic heterocycles. The van der Waals surface area contributed by atoms with E-state index >= 15 is 0 Å². The molecular weight excluding hydrogens is 302 g/mol. The first-order valence-corrected chi connectivity index (χ1v) is 7.93. The number of carbonyl (C=O) groups is 1. The maximum atomic E-state index is 12.1. The Morgan fingerprint density at radius 2 is 2.21 bits per heavy atom. The Balaban J connectivity index is 1.79. The fourth-order valence-electron chi connectivity index (χ4n) is 2.01. The minimum Gasteiger partial charge on any atom is -0.343 e. The minimum atomic E-state index is -0.212. The molecule has 1 atom stereocenters. The number of hydrogen-bond acceptors (Lipinski definition) is 5. The topological polar surface area (TPSA) is 54.9 Å². The summed E-state index contributed by atoms with van der Waals surface area (Å²) < 4.78 is 0.282. The first-order valence-electron chi connectivity index (χ1n) is 5.75. The van der Waals surface area contributed by atoms with Crippen LogP contribution in [-0.2, 0) is 0 Å². The average Bonchev–Trinajstić information content (AvgIpc) is 2.86. The highest BCUT2D eigenvalue weighted by Crippen LogP contribution is 2.35.